The summed E-state index contributed by atoms with van der Waals surface area (Å²) in [6.45, 7) is 0.701. The second-order valence-corrected chi connectivity index (χ2v) is 3.30. The van der Waals surface area contributed by atoms with E-state index in [1.54, 1.807) is 0 Å². The third-order valence-corrected chi connectivity index (χ3v) is 2.08. The van der Waals surface area contributed by atoms with E-state index in [0.29, 0.717) is 19.0 Å². The van der Waals surface area contributed by atoms with Crippen LogP contribution in [0.4, 0.5) is 6.01 Å². The molecule has 0 saturated heterocycles. The van der Waals surface area contributed by atoms with E-state index < -0.39 is 0 Å². The van der Waals surface area contributed by atoms with Gasteiger partial charge in [0.25, 0.3) is 0 Å². The van der Waals surface area contributed by atoms with Crippen molar-refractivity contribution in [3.63, 3.8) is 0 Å². The Kier molecular flexibility index (Phi) is 3.36. The molecule has 0 spiro atoms. The van der Waals surface area contributed by atoms with Crippen LogP contribution in [0.15, 0.2) is 28.7 Å². The van der Waals surface area contributed by atoms with Crippen molar-refractivity contribution in [3.8, 4) is 6.07 Å². The Labute approximate surface area is 93.0 Å². The number of aromatic nitrogens is 1. The van der Waals surface area contributed by atoms with Gasteiger partial charge in [-0.25, -0.2) is 5.43 Å². The highest BCUT2D eigenvalue weighted by Gasteiger charge is 2.02. The first-order valence-corrected chi connectivity index (χ1v) is 5.11. The smallest absolute Gasteiger partial charge is 0.310 e. The SMILES string of the molecule is N#CCCCNNc1nc2ccccc2o1. The lowest BCUT2D eigenvalue weighted by Gasteiger charge is -2.01. The Hall–Kier alpha value is -2.06. The summed E-state index contributed by atoms with van der Waals surface area (Å²) in [5.41, 5.74) is 7.37. The summed E-state index contributed by atoms with van der Waals surface area (Å²) < 4.78 is 5.42. The topological polar surface area (TPSA) is 73.9 Å². The number of para-hydroxylation sites is 2. The molecule has 0 saturated carbocycles. The maximum Gasteiger partial charge on any atom is 0.310 e. The number of oxazole rings is 1. The number of hydrazine groups is 1. The highest BCUT2D eigenvalue weighted by molar-refractivity contribution is 5.73. The average molecular weight is 216 g/mol. The van der Waals surface area contributed by atoms with Crippen LogP contribution in [0.2, 0.25) is 0 Å². The van der Waals surface area contributed by atoms with Crippen LogP contribution in [-0.2, 0) is 0 Å². The van der Waals surface area contributed by atoms with Gasteiger partial charge in [-0.05, 0) is 18.6 Å². The third kappa shape index (κ3) is 2.49. The first kappa shape index (κ1) is 10.5. The molecule has 82 valence electrons. The molecule has 2 N–H and O–H groups in total. The molecule has 5 nitrogen and oxygen atoms in total. The summed E-state index contributed by atoms with van der Waals surface area (Å²) in [5, 5.41) is 8.35. The third-order valence-electron chi connectivity index (χ3n) is 2.08. The summed E-state index contributed by atoms with van der Waals surface area (Å²) in [7, 11) is 0. The molecule has 2 rings (SSSR count). The van der Waals surface area contributed by atoms with Crippen molar-refractivity contribution in [1.29, 1.82) is 5.26 Å². The molecular formula is C11H12N4O. The first-order valence-electron chi connectivity index (χ1n) is 5.11. The molecule has 0 aliphatic carbocycles. The zero-order valence-corrected chi connectivity index (χ0v) is 8.73. The molecule has 0 aliphatic rings. The van der Waals surface area contributed by atoms with Gasteiger partial charge in [0.05, 0.1) is 6.07 Å². The van der Waals surface area contributed by atoms with Crippen LogP contribution < -0.4 is 10.9 Å². The maximum atomic E-state index is 8.35. The molecular weight excluding hydrogens is 204 g/mol. The molecule has 1 heterocycles. The van der Waals surface area contributed by atoms with Crippen LogP contribution in [0.1, 0.15) is 12.8 Å². The lowest BCUT2D eigenvalue weighted by molar-refractivity contribution is 0.593. The van der Waals surface area contributed by atoms with E-state index in [1.165, 1.54) is 0 Å². The van der Waals surface area contributed by atoms with Gasteiger partial charge in [-0.3, -0.25) is 5.43 Å². The number of nitrogens with one attached hydrogen (secondary N) is 2. The summed E-state index contributed by atoms with van der Waals surface area (Å²) >= 11 is 0. The predicted octanol–water partition coefficient (Wildman–Crippen LogP) is 2.05. The molecule has 5 heteroatoms. The van der Waals surface area contributed by atoms with Crippen LogP contribution >= 0.6 is 0 Å². The van der Waals surface area contributed by atoms with Gasteiger partial charge in [-0.15, -0.1) is 0 Å². The second kappa shape index (κ2) is 5.14. The van der Waals surface area contributed by atoms with E-state index in [2.05, 4.69) is 21.9 Å². The van der Waals surface area contributed by atoms with Crippen LogP contribution in [0, 0.1) is 11.3 Å². The van der Waals surface area contributed by atoms with Crippen molar-refractivity contribution < 1.29 is 4.42 Å². The Bertz CT molecular complexity index is 467. The zero-order chi connectivity index (χ0) is 11.2. The number of nitrogens with zero attached hydrogens (tertiary/aromatic N) is 2. The summed E-state index contributed by atoms with van der Waals surface area (Å²) in [6, 6.07) is 10.1. The fraction of sp³-hybridized carbons (Fsp3) is 0.273. The molecule has 0 aliphatic heterocycles. The van der Waals surface area contributed by atoms with E-state index in [4.69, 9.17) is 9.68 Å². The molecule has 0 unspecified atom stereocenters. The van der Waals surface area contributed by atoms with Crippen molar-refractivity contribution in [2.75, 3.05) is 12.0 Å². The number of benzene rings is 1. The first-order chi connectivity index (χ1) is 7.90. The van der Waals surface area contributed by atoms with Gasteiger partial charge in [0.15, 0.2) is 5.58 Å². The molecule has 0 radical (unpaired) electrons. The van der Waals surface area contributed by atoms with Gasteiger partial charge < -0.3 is 4.42 Å². The van der Waals surface area contributed by atoms with Crippen molar-refractivity contribution in [2.45, 2.75) is 12.8 Å². The van der Waals surface area contributed by atoms with Crippen LogP contribution in [0.25, 0.3) is 11.1 Å². The molecule has 2 aromatic rings. The molecule has 0 atom stereocenters. The predicted molar refractivity (Wildman–Crippen MR) is 60.5 cm³/mol. The maximum absolute atomic E-state index is 8.35. The summed E-state index contributed by atoms with van der Waals surface area (Å²) in [4.78, 5) is 4.23. The number of unbranched alkanes of at least 4 members (excludes halogenated alkanes) is 1. The van der Waals surface area contributed by atoms with Gasteiger partial charge in [0, 0.05) is 13.0 Å². The number of nitriles is 1. The van der Waals surface area contributed by atoms with Crippen molar-refractivity contribution in [2.24, 2.45) is 0 Å². The number of fused-ring (bicyclic) bond motifs is 1. The minimum absolute atomic E-state index is 0.443. The van der Waals surface area contributed by atoms with Crippen LogP contribution in [0.3, 0.4) is 0 Å². The van der Waals surface area contributed by atoms with Crippen LogP contribution in [-0.4, -0.2) is 11.5 Å². The van der Waals surface area contributed by atoms with Gasteiger partial charge in [0.1, 0.15) is 5.52 Å². The Morgan fingerprint density at radius 3 is 3.06 bits per heavy atom. The lowest BCUT2D eigenvalue weighted by Crippen LogP contribution is -2.22. The van der Waals surface area contributed by atoms with Gasteiger partial charge >= 0.3 is 6.01 Å². The fourth-order valence-electron chi connectivity index (χ4n) is 1.32. The van der Waals surface area contributed by atoms with E-state index >= 15 is 0 Å². The largest absolute Gasteiger partial charge is 0.423 e. The molecule has 1 aromatic heterocycles. The van der Waals surface area contributed by atoms with Gasteiger partial charge in [0.2, 0.25) is 0 Å². The van der Waals surface area contributed by atoms with Crippen LogP contribution in [0.5, 0.6) is 0 Å². The second-order valence-electron chi connectivity index (χ2n) is 3.30. The highest BCUT2D eigenvalue weighted by Crippen LogP contribution is 2.17. The molecule has 16 heavy (non-hydrogen) atoms. The van der Waals surface area contributed by atoms with Gasteiger partial charge in [-0.2, -0.15) is 10.2 Å². The van der Waals surface area contributed by atoms with E-state index in [0.717, 1.165) is 17.5 Å². The Balaban J connectivity index is 1.88. The minimum atomic E-state index is 0.443. The Morgan fingerprint density at radius 1 is 1.38 bits per heavy atom. The zero-order valence-electron chi connectivity index (χ0n) is 8.73. The monoisotopic (exact) mass is 216 g/mol. The molecule has 0 amide bonds. The molecule has 0 fully saturated rings. The highest BCUT2D eigenvalue weighted by atomic mass is 16.4. The van der Waals surface area contributed by atoms with Crippen molar-refractivity contribution in [1.82, 2.24) is 10.4 Å². The van der Waals surface area contributed by atoms with Crippen molar-refractivity contribution in [3.05, 3.63) is 24.3 Å². The van der Waals surface area contributed by atoms with Crippen molar-refractivity contribution >= 4 is 17.1 Å². The number of hydrogen-bond donors (Lipinski definition) is 2. The lowest BCUT2D eigenvalue weighted by atomic mass is 10.3. The van der Waals surface area contributed by atoms with Gasteiger partial charge in [-0.1, -0.05) is 12.1 Å². The standard InChI is InChI=1S/C11H12N4O/c12-7-3-4-8-13-15-11-14-9-5-1-2-6-10(9)16-11/h1-2,5-6,13H,3-4,8H2,(H,14,15). The normalized spacial score (nSPS) is 10.2. The number of rotatable bonds is 5. The number of anilines is 1. The molecule has 1 aromatic carbocycles. The van der Waals surface area contributed by atoms with E-state index in [9.17, 15) is 0 Å². The van der Waals surface area contributed by atoms with E-state index in [1.807, 2.05) is 24.3 Å². The summed E-state index contributed by atoms with van der Waals surface area (Å²) in [5.74, 6) is 0. The average Bonchev–Trinajstić information content (AvgIpc) is 2.71. The Morgan fingerprint density at radius 2 is 2.25 bits per heavy atom. The fourth-order valence-corrected chi connectivity index (χ4v) is 1.32. The summed E-state index contributed by atoms with van der Waals surface area (Å²) in [6.07, 6.45) is 1.34. The molecule has 0 bridgehead atoms. The number of hydrogen-bond acceptors (Lipinski definition) is 5. The minimum Gasteiger partial charge on any atom is -0.423 e. The van der Waals surface area contributed by atoms with E-state index in [-0.39, 0.29) is 0 Å². The quantitative estimate of drug-likeness (QED) is 0.591.